The van der Waals surface area contributed by atoms with E-state index in [4.69, 9.17) is 9.68 Å². The highest BCUT2D eigenvalue weighted by Gasteiger charge is 2.73. The van der Waals surface area contributed by atoms with Crippen LogP contribution in [0.2, 0.25) is 0 Å². The Morgan fingerprint density at radius 2 is 0.923 bits per heavy atom. The molecule has 208 valence electrons. The van der Waals surface area contributed by atoms with Crippen LogP contribution in [0, 0.1) is 0 Å². The monoisotopic (exact) mass is 558 g/mol. The molecule has 14 heteroatoms. The number of benzene rings is 2. The molecule has 2 aliphatic rings. The highest BCUT2D eigenvalue weighted by Crippen LogP contribution is 2.57. The molecule has 0 saturated heterocycles. The lowest BCUT2D eigenvalue weighted by molar-refractivity contribution is -0.288. The van der Waals surface area contributed by atoms with Crippen LogP contribution in [0.25, 0.3) is 0 Å². The number of carbonyl (C=O) groups is 4. The van der Waals surface area contributed by atoms with Crippen molar-refractivity contribution in [1.29, 1.82) is 0 Å². The number of carbonyl (C=O) groups excluding carboxylic acids is 4. The third-order valence-electron chi connectivity index (χ3n) is 6.26. The molecule has 2 heterocycles. The highest BCUT2D eigenvalue weighted by atomic mass is 19.4. The summed E-state index contributed by atoms with van der Waals surface area (Å²) in [5.41, 5.74) is -9.87. The van der Waals surface area contributed by atoms with Crippen LogP contribution in [0.4, 0.5) is 26.3 Å². The number of hydrogen-bond donors (Lipinski definition) is 0. The molecular formula is C25H20F6N2O6. The molecule has 0 radical (unpaired) electrons. The van der Waals surface area contributed by atoms with E-state index < -0.39 is 74.8 Å². The van der Waals surface area contributed by atoms with Crippen molar-refractivity contribution in [3.8, 4) is 0 Å². The zero-order chi connectivity index (χ0) is 28.9. The van der Waals surface area contributed by atoms with Crippen LogP contribution >= 0.6 is 0 Å². The zero-order valence-corrected chi connectivity index (χ0v) is 20.4. The Morgan fingerprint density at radius 1 is 0.590 bits per heavy atom. The molecule has 0 spiro atoms. The first-order valence-electron chi connectivity index (χ1n) is 11.7. The van der Waals surface area contributed by atoms with Gasteiger partial charge in [0.15, 0.2) is 0 Å². The fraction of sp³-hybridized carbons (Fsp3) is 0.360. The highest BCUT2D eigenvalue weighted by molar-refractivity contribution is 6.21. The van der Waals surface area contributed by atoms with Crippen molar-refractivity contribution < 1.29 is 55.2 Å². The van der Waals surface area contributed by atoms with Crippen molar-refractivity contribution in [3.05, 3.63) is 69.8 Å². The Morgan fingerprint density at radius 3 is 1.23 bits per heavy atom. The summed E-state index contributed by atoms with van der Waals surface area (Å²) in [7, 11) is 0. The third-order valence-corrected chi connectivity index (χ3v) is 6.26. The first-order chi connectivity index (χ1) is 18.2. The van der Waals surface area contributed by atoms with Crippen LogP contribution in [0.5, 0.6) is 0 Å². The minimum atomic E-state index is -6.05. The molecule has 0 aromatic heterocycles. The molecule has 0 bridgehead atoms. The van der Waals surface area contributed by atoms with Crippen LogP contribution in [0.3, 0.4) is 0 Å². The van der Waals surface area contributed by atoms with E-state index in [2.05, 4.69) is 0 Å². The molecule has 0 N–H and O–H groups in total. The predicted molar refractivity (Wildman–Crippen MR) is 119 cm³/mol. The van der Waals surface area contributed by atoms with Gasteiger partial charge in [-0.2, -0.15) is 26.3 Å². The summed E-state index contributed by atoms with van der Waals surface area (Å²) < 4.78 is 88.1. The number of imide groups is 2. The molecule has 0 saturated carbocycles. The molecular weight excluding hydrogens is 538 g/mol. The van der Waals surface area contributed by atoms with E-state index in [1.54, 1.807) is 13.8 Å². The number of nitrogens with zero attached hydrogens (tertiary/aromatic N) is 2. The van der Waals surface area contributed by atoms with Crippen molar-refractivity contribution in [2.75, 3.05) is 13.2 Å². The second kappa shape index (κ2) is 9.75. The molecule has 0 atom stereocenters. The topological polar surface area (TPSA) is 93.2 Å². The van der Waals surface area contributed by atoms with Crippen LogP contribution in [-0.4, -0.2) is 59.3 Å². The number of alkyl halides is 6. The lowest BCUT2D eigenvalue weighted by atomic mass is 9.71. The summed E-state index contributed by atoms with van der Waals surface area (Å²) in [4.78, 5) is 60.4. The minimum Gasteiger partial charge on any atom is -0.266 e. The van der Waals surface area contributed by atoms with Crippen molar-refractivity contribution in [2.24, 2.45) is 0 Å². The summed E-state index contributed by atoms with van der Waals surface area (Å²) >= 11 is 0. The maximum atomic E-state index is 14.7. The zero-order valence-electron chi connectivity index (χ0n) is 20.4. The van der Waals surface area contributed by atoms with Gasteiger partial charge in [0.25, 0.3) is 23.6 Å². The molecule has 0 aliphatic carbocycles. The number of fused-ring (bicyclic) bond motifs is 2. The maximum Gasteiger partial charge on any atom is 0.411 e. The van der Waals surface area contributed by atoms with Gasteiger partial charge in [-0.1, -0.05) is 26.0 Å². The molecule has 0 fully saturated rings. The number of rotatable bonds is 8. The molecule has 2 aromatic carbocycles. The van der Waals surface area contributed by atoms with E-state index >= 15 is 0 Å². The number of hydroxylamine groups is 4. The van der Waals surface area contributed by atoms with Gasteiger partial charge in [0.05, 0.1) is 35.5 Å². The van der Waals surface area contributed by atoms with Gasteiger partial charge in [0.1, 0.15) is 0 Å². The number of hydrogen-bond acceptors (Lipinski definition) is 6. The Balaban J connectivity index is 1.92. The van der Waals surface area contributed by atoms with Gasteiger partial charge >= 0.3 is 12.4 Å². The summed E-state index contributed by atoms with van der Waals surface area (Å²) in [5, 5.41) is 0.566. The standard InChI is InChI=1S/C25H20F6N2O6/c1-3-9-38-32-19(34)15-7-5-13(11-17(15)21(32)36)23(24(26,27)28,25(29,30)31)14-6-8-16-18(12-14)22(37)33(20(16)35)39-10-4-2/h5-8,11-12H,3-4,9-10H2,1-2H3. The summed E-state index contributed by atoms with van der Waals surface area (Å²) in [5.74, 6) is -4.51. The molecule has 8 nitrogen and oxygen atoms in total. The van der Waals surface area contributed by atoms with Crippen molar-refractivity contribution >= 4 is 23.6 Å². The van der Waals surface area contributed by atoms with Crippen LogP contribution in [-0.2, 0) is 15.1 Å². The summed E-state index contributed by atoms with van der Waals surface area (Å²) in [6.07, 6.45) is -11.4. The lowest BCUT2D eigenvalue weighted by Gasteiger charge is -2.38. The van der Waals surface area contributed by atoms with Crippen molar-refractivity contribution in [2.45, 2.75) is 44.5 Å². The normalized spacial score (nSPS) is 15.9. The fourth-order valence-electron chi connectivity index (χ4n) is 4.49. The number of halogens is 6. The van der Waals surface area contributed by atoms with E-state index in [1.165, 1.54) is 0 Å². The molecule has 4 rings (SSSR count). The van der Waals surface area contributed by atoms with E-state index in [0.29, 0.717) is 49.2 Å². The van der Waals surface area contributed by atoms with Gasteiger partial charge in [0, 0.05) is 0 Å². The van der Waals surface area contributed by atoms with E-state index in [9.17, 15) is 45.5 Å². The van der Waals surface area contributed by atoms with Crippen molar-refractivity contribution in [1.82, 2.24) is 10.1 Å². The second-order valence-electron chi connectivity index (χ2n) is 8.74. The molecule has 39 heavy (non-hydrogen) atoms. The summed E-state index contributed by atoms with van der Waals surface area (Å²) in [6.45, 7) is 3.10. The van der Waals surface area contributed by atoms with Crippen LogP contribution in [0.15, 0.2) is 36.4 Å². The van der Waals surface area contributed by atoms with Crippen LogP contribution < -0.4 is 0 Å². The molecule has 4 amide bonds. The third kappa shape index (κ3) is 4.18. The maximum absolute atomic E-state index is 14.7. The Hall–Kier alpha value is -3.78. The first-order valence-corrected chi connectivity index (χ1v) is 11.7. The van der Waals surface area contributed by atoms with E-state index in [0.717, 1.165) is 0 Å². The quantitative estimate of drug-likeness (QED) is 0.336. The molecule has 2 aromatic rings. The molecule has 2 aliphatic heterocycles. The minimum absolute atomic E-state index is 0.103. The SMILES string of the molecule is CCCON1C(=O)c2ccc(C(c3ccc4c(c3)C(=O)N(OCCC)C4=O)(C(F)(F)F)C(F)(F)F)cc2C1=O. The Kier molecular flexibility index (Phi) is 7.06. The van der Waals surface area contributed by atoms with E-state index in [-0.39, 0.29) is 23.3 Å². The Bertz CT molecular complexity index is 1270. The average Bonchev–Trinajstić information content (AvgIpc) is 3.23. The van der Waals surface area contributed by atoms with Gasteiger partial charge in [-0.3, -0.25) is 28.9 Å². The molecule has 0 unspecified atom stereocenters. The number of amides is 4. The second-order valence-corrected chi connectivity index (χ2v) is 8.74. The smallest absolute Gasteiger partial charge is 0.266 e. The largest absolute Gasteiger partial charge is 0.411 e. The first kappa shape index (κ1) is 28.2. The van der Waals surface area contributed by atoms with Crippen molar-refractivity contribution in [3.63, 3.8) is 0 Å². The average molecular weight is 558 g/mol. The van der Waals surface area contributed by atoms with Gasteiger partial charge in [-0.15, -0.1) is 10.1 Å². The van der Waals surface area contributed by atoms with Gasteiger partial charge in [0.2, 0.25) is 5.41 Å². The van der Waals surface area contributed by atoms with Gasteiger partial charge in [-0.25, -0.2) is 0 Å². The van der Waals surface area contributed by atoms with Crippen LogP contribution in [0.1, 0.15) is 79.2 Å². The van der Waals surface area contributed by atoms with E-state index in [1.807, 2.05) is 0 Å². The van der Waals surface area contributed by atoms with Gasteiger partial charge < -0.3 is 0 Å². The predicted octanol–water partition coefficient (Wildman–Crippen LogP) is 4.97. The lowest BCUT2D eigenvalue weighted by Crippen LogP contribution is -2.55. The fourth-order valence-corrected chi connectivity index (χ4v) is 4.49. The Labute approximate surface area is 217 Å². The van der Waals surface area contributed by atoms with Gasteiger partial charge in [-0.05, 0) is 48.2 Å². The summed E-state index contributed by atoms with van der Waals surface area (Å²) in [6, 6.07) is 2.98.